The fourth-order valence-corrected chi connectivity index (χ4v) is 1.26. The number of nitrogens with two attached hydrogens (primary N) is 2. The molecule has 0 amide bonds. The number of hydrogen-bond donors (Lipinski definition) is 2. The molecular weight excluding hydrogens is 217 g/mol. The van der Waals surface area contributed by atoms with Crippen LogP contribution in [-0.4, -0.2) is 6.04 Å². The Labute approximate surface area is 91.7 Å². The molecule has 16 heavy (non-hydrogen) atoms. The highest BCUT2D eigenvalue weighted by atomic mass is 19.4. The van der Waals surface area contributed by atoms with E-state index in [2.05, 4.69) is 6.58 Å². The van der Waals surface area contributed by atoms with Crippen LogP contribution in [0, 0.1) is 0 Å². The summed E-state index contributed by atoms with van der Waals surface area (Å²) < 4.78 is 37.2. The zero-order valence-corrected chi connectivity index (χ0v) is 8.59. The summed E-state index contributed by atoms with van der Waals surface area (Å²) >= 11 is 0. The van der Waals surface area contributed by atoms with Crippen LogP contribution in [0.3, 0.4) is 0 Å². The van der Waals surface area contributed by atoms with Crippen LogP contribution in [0.15, 0.2) is 36.5 Å². The molecule has 0 aromatic heterocycles. The first-order chi connectivity index (χ1) is 7.30. The van der Waals surface area contributed by atoms with Crippen LogP contribution in [0.1, 0.15) is 11.1 Å². The molecule has 0 spiro atoms. The van der Waals surface area contributed by atoms with Crippen molar-refractivity contribution in [3.63, 3.8) is 0 Å². The van der Waals surface area contributed by atoms with Gasteiger partial charge >= 0.3 is 6.18 Å². The van der Waals surface area contributed by atoms with E-state index in [9.17, 15) is 13.2 Å². The Morgan fingerprint density at radius 1 is 1.38 bits per heavy atom. The van der Waals surface area contributed by atoms with E-state index < -0.39 is 17.8 Å². The largest absolute Gasteiger partial charge is 0.416 e. The van der Waals surface area contributed by atoms with E-state index in [4.69, 9.17) is 11.5 Å². The molecule has 0 saturated carbocycles. The van der Waals surface area contributed by atoms with Gasteiger partial charge in [0.15, 0.2) is 0 Å². The first-order valence-electron chi connectivity index (χ1n) is 4.66. The summed E-state index contributed by atoms with van der Waals surface area (Å²) in [6.45, 7) is 3.45. The lowest BCUT2D eigenvalue weighted by Gasteiger charge is -2.13. The molecule has 0 bridgehead atoms. The molecular formula is C11H13F3N2. The van der Waals surface area contributed by atoms with Gasteiger partial charge in [-0.15, -0.1) is 0 Å². The predicted octanol–water partition coefficient (Wildman–Crippen LogP) is 2.05. The van der Waals surface area contributed by atoms with Gasteiger partial charge in [0.25, 0.3) is 0 Å². The normalized spacial score (nSPS) is 13.5. The van der Waals surface area contributed by atoms with Crippen molar-refractivity contribution in [1.29, 1.82) is 0 Å². The Morgan fingerprint density at radius 3 is 2.50 bits per heavy atom. The average Bonchev–Trinajstić information content (AvgIpc) is 2.16. The molecule has 5 heteroatoms. The van der Waals surface area contributed by atoms with Crippen molar-refractivity contribution >= 4 is 0 Å². The monoisotopic (exact) mass is 230 g/mol. The van der Waals surface area contributed by atoms with E-state index in [1.807, 2.05) is 0 Å². The Hall–Kier alpha value is -1.49. The quantitative estimate of drug-likeness (QED) is 0.834. The molecule has 0 fully saturated rings. The molecule has 1 rings (SSSR count). The number of halogens is 3. The van der Waals surface area contributed by atoms with Crippen LogP contribution < -0.4 is 11.5 Å². The highest BCUT2D eigenvalue weighted by Crippen LogP contribution is 2.29. The fraction of sp³-hybridized carbons (Fsp3) is 0.273. The smallest absolute Gasteiger partial charge is 0.401 e. The third-order valence-electron chi connectivity index (χ3n) is 2.19. The van der Waals surface area contributed by atoms with Gasteiger partial charge in [-0.25, -0.2) is 0 Å². The maximum atomic E-state index is 12.4. The Kier molecular flexibility index (Phi) is 3.59. The minimum absolute atomic E-state index is 0.249. The molecule has 0 aliphatic carbocycles. The highest BCUT2D eigenvalue weighted by Gasteiger charge is 2.30. The summed E-state index contributed by atoms with van der Waals surface area (Å²) in [5.74, 6) is 0. The van der Waals surface area contributed by atoms with E-state index in [1.54, 1.807) is 6.07 Å². The van der Waals surface area contributed by atoms with Crippen LogP contribution in [-0.2, 0) is 12.6 Å². The zero-order chi connectivity index (χ0) is 12.3. The summed E-state index contributed by atoms with van der Waals surface area (Å²) in [7, 11) is 0. The fourth-order valence-electron chi connectivity index (χ4n) is 1.26. The summed E-state index contributed by atoms with van der Waals surface area (Å²) in [4.78, 5) is 0. The molecule has 0 aliphatic rings. The molecule has 0 unspecified atom stereocenters. The number of alkyl halides is 3. The molecule has 4 N–H and O–H groups in total. The molecule has 0 radical (unpaired) electrons. The Balaban J connectivity index is 2.87. The molecule has 2 nitrogen and oxygen atoms in total. The maximum absolute atomic E-state index is 12.4. The third-order valence-corrected chi connectivity index (χ3v) is 2.19. The van der Waals surface area contributed by atoms with Crippen molar-refractivity contribution in [1.82, 2.24) is 0 Å². The summed E-state index contributed by atoms with van der Waals surface area (Å²) in [6, 6.07) is 4.50. The average molecular weight is 230 g/mol. The number of rotatable bonds is 3. The van der Waals surface area contributed by atoms with Crippen molar-refractivity contribution in [2.24, 2.45) is 11.5 Å². The molecule has 1 aromatic rings. The molecule has 0 saturated heterocycles. The molecule has 1 aromatic carbocycles. The van der Waals surface area contributed by atoms with Gasteiger partial charge in [-0.3, -0.25) is 0 Å². The lowest BCUT2D eigenvalue weighted by molar-refractivity contribution is -0.137. The van der Waals surface area contributed by atoms with Gasteiger partial charge in [0.05, 0.1) is 5.56 Å². The highest BCUT2D eigenvalue weighted by molar-refractivity contribution is 5.27. The van der Waals surface area contributed by atoms with Gasteiger partial charge in [0.2, 0.25) is 0 Å². The molecule has 0 aliphatic heterocycles. The van der Waals surface area contributed by atoms with Gasteiger partial charge in [-0.2, -0.15) is 13.2 Å². The molecule has 1 atom stereocenters. The van der Waals surface area contributed by atoms with E-state index in [1.165, 1.54) is 6.07 Å². The Bertz CT molecular complexity index is 385. The van der Waals surface area contributed by atoms with Gasteiger partial charge < -0.3 is 11.5 Å². The van der Waals surface area contributed by atoms with Crippen LogP contribution in [0.4, 0.5) is 13.2 Å². The molecule has 88 valence electrons. The first kappa shape index (κ1) is 12.6. The van der Waals surface area contributed by atoms with Gasteiger partial charge in [-0.1, -0.05) is 24.8 Å². The minimum atomic E-state index is -4.33. The molecule has 0 heterocycles. The van der Waals surface area contributed by atoms with Crippen molar-refractivity contribution in [2.75, 3.05) is 0 Å². The van der Waals surface area contributed by atoms with E-state index in [-0.39, 0.29) is 12.1 Å². The number of benzene rings is 1. The van der Waals surface area contributed by atoms with E-state index in [0.29, 0.717) is 5.56 Å². The van der Waals surface area contributed by atoms with Crippen molar-refractivity contribution < 1.29 is 13.2 Å². The summed E-state index contributed by atoms with van der Waals surface area (Å²) in [6.07, 6.45) is -4.08. The van der Waals surface area contributed by atoms with E-state index >= 15 is 0 Å². The second kappa shape index (κ2) is 4.57. The zero-order valence-electron chi connectivity index (χ0n) is 8.59. The van der Waals surface area contributed by atoms with Gasteiger partial charge in [0, 0.05) is 11.7 Å². The van der Waals surface area contributed by atoms with Gasteiger partial charge in [-0.05, 0) is 18.1 Å². The van der Waals surface area contributed by atoms with Crippen molar-refractivity contribution in [3.05, 3.63) is 47.7 Å². The lowest BCUT2D eigenvalue weighted by Crippen LogP contribution is -2.29. The van der Waals surface area contributed by atoms with Crippen LogP contribution in [0.25, 0.3) is 0 Å². The summed E-state index contributed by atoms with van der Waals surface area (Å²) in [5.41, 5.74) is 11.0. The second-order valence-electron chi connectivity index (χ2n) is 3.58. The first-order valence-corrected chi connectivity index (χ1v) is 4.66. The SMILES string of the molecule is C=C(N)[C@@H](N)Cc1cccc(C(F)(F)F)c1. The number of hydrogen-bond acceptors (Lipinski definition) is 2. The van der Waals surface area contributed by atoms with Crippen molar-refractivity contribution in [2.45, 2.75) is 18.6 Å². The standard InChI is InChI=1S/C11H13F3N2/c1-7(15)10(16)6-8-3-2-4-9(5-8)11(12,13)14/h2-5,10H,1,6,15-16H2/t10-/m0/s1. The van der Waals surface area contributed by atoms with Crippen LogP contribution in [0.2, 0.25) is 0 Å². The third kappa shape index (κ3) is 3.27. The van der Waals surface area contributed by atoms with Crippen LogP contribution >= 0.6 is 0 Å². The van der Waals surface area contributed by atoms with Crippen LogP contribution in [0.5, 0.6) is 0 Å². The lowest BCUT2D eigenvalue weighted by atomic mass is 10.0. The minimum Gasteiger partial charge on any atom is -0.401 e. The van der Waals surface area contributed by atoms with Crippen molar-refractivity contribution in [3.8, 4) is 0 Å². The van der Waals surface area contributed by atoms with Gasteiger partial charge in [0.1, 0.15) is 0 Å². The summed E-state index contributed by atoms with van der Waals surface area (Å²) in [5, 5.41) is 0. The van der Waals surface area contributed by atoms with E-state index in [0.717, 1.165) is 12.1 Å². The Morgan fingerprint density at radius 2 is 2.00 bits per heavy atom. The predicted molar refractivity (Wildman–Crippen MR) is 56.5 cm³/mol. The maximum Gasteiger partial charge on any atom is 0.416 e. The second-order valence-corrected chi connectivity index (χ2v) is 3.58. The topological polar surface area (TPSA) is 52.0 Å².